The van der Waals surface area contributed by atoms with E-state index in [-0.39, 0.29) is 17.2 Å². The molecule has 5 heteroatoms. The number of benzene rings is 1. The molecule has 0 bridgehead atoms. The van der Waals surface area contributed by atoms with Crippen molar-refractivity contribution in [2.75, 3.05) is 5.32 Å². The lowest BCUT2D eigenvalue weighted by molar-refractivity contribution is -0.136. The molecule has 24 heavy (non-hydrogen) atoms. The predicted molar refractivity (Wildman–Crippen MR) is 102 cm³/mol. The smallest absolute Gasteiger partial charge is 0.307 e. The van der Waals surface area contributed by atoms with E-state index in [1.165, 1.54) is 0 Å². The van der Waals surface area contributed by atoms with Gasteiger partial charge in [0.15, 0.2) is 0 Å². The summed E-state index contributed by atoms with van der Waals surface area (Å²) in [5.41, 5.74) is 1.87. The Balaban J connectivity index is 0. The van der Waals surface area contributed by atoms with Crippen LogP contribution >= 0.6 is 11.6 Å². The molecule has 0 unspecified atom stereocenters. The Hall–Kier alpha value is -2.07. The van der Waals surface area contributed by atoms with Crippen LogP contribution in [0.4, 0.5) is 10.1 Å². The summed E-state index contributed by atoms with van der Waals surface area (Å²) < 4.78 is 13.6. The molecule has 0 amide bonds. The van der Waals surface area contributed by atoms with Crippen molar-refractivity contribution in [3.8, 4) is 0 Å². The number of rotatable bonds is 6. The highest BCUT2D eigenvalue weighted by atomic mass is 35.5. The molecule has 0 aliphatic heterocycles. The minimum absolute atomic E-state index is 0.0238. The van der Waals surface area contributed by atoms with Gasteiger partial charge in [-0.2, -0.15) is 0 Å². The summed E-state index contributed by atoms with van der Waals surface area (Å²) in [6.45, 7) is 16.6. The van der Waals surface area contributed by atoms with Crippen LogP contribution in [0.5, 0.6) is 0 Å². The van der Waals surface area contributed by atoms with Gasteiger partial charge >= 0.3 is 5.97 Å². The second kappa shape index (κ2) is 13.4. The van der Waals surface area contributed by atoms with Crippen molar-refractivity contribution in [3.05, 3.63) is 65.1 Å². The van der Waals surface area contributed by atoms with Gasteiger partial charge in [-0.1, -0.05) is 70.1 Å². The second-order valence-corrected chi connectivity index (χ2v) is 4.64. The number of nitrogens with one attached hydrogen (secondary N) is 1. The highest BCUT2D eigenvalue weighted by molar-refractivity contribution is 6.32. The Bertz CT molecular complexity index is 595. The van der Waals surface area contributed by atoms with Gasteiger partial charge in [0.1, 0.15) is 5.83 Å². The number of carboxylic acids is 1. The third kappa shape index (κ3) is 8.53. The first-order valence-electron chi connectivity index (χ1n) is 7.80. The van der Waals surface area contributed by atoms with Gasteiger partial charge in [0.2, 0.25) is 0 Å². The van der Waals surface area contributed by atoms with Crippen molar-refractivity contribution < 1.29 is 14.3 Å². The molecule has 3 nitrogen and oxygen atoms in total. The third-order valence-electron chi connectivity index (χ3n) is 2.55. The van der Waals surface area contributed by atoms with Gasteiger partial charge in [-0.25, -0.2) is 4.39 Å². The number of hydrogen-bond donors (Lipinski definition) is 2. The molecular weight excluding hydrogens is 329 g/mol. The van der Waals surface area contributed by atoms with Crippen molar-refractivity contribution in [1.29, 1.82) is 0 Å². The maximum atomic E-state index is 13.6. The van der Waals surface area contributed by atoms with Crippen molar-refractivity contribution in [3.63, 3.8) is 0 Å². The van der Waals surface area contributed by atoms with E-state index < -0.39 is 11.8 Å². The molecule has 0 aliphatic carbocycles. The molecule has 0 aromatic heterocycles. The standard InChI is InChI=1S/C15H15ClFNO2.2C2H6/c1-4-12(17)15(10(3)16)18-13-6-5-9(2)7-11(13)8-14(19)20;2*1-2/h4-7,18H,1,3,8H2,2H3,(H,19,20);2*1-2H3/b15-12-;;. The summed E-state index contributed by atoms with van der Waals surface area (Å²) >= 11 is 5.74. The zero-order valence-corrected chi connectivity index (χ0v) is 15.8. The number of aliphatic carboxylic acids is 1. The van der Waals surface area contributed by atoms with Crippen LogP contribution in [0, 0.1) is 6.92 Å². The molecule has 0 heterocycles. The fourth-order valence-corrected chi connectivity index (χ4v) is 1.78. The molecule has 134 valence electrons. The number of allylic oxidation sites excluding steroid dienone is 3. The van der Waals surface area contributed by atoms with Crippen LogP contribution in [0.15, 0.2) is 54.0 Å². The SMILES string of the molecule is C=C/C(F)=C(/Nc1ccc(C)cc1CC(=O)O)C(=C)Cl.CC.CC. The maximum absolute atomic E-state index is 13.6. The number of hydrogen-bond acceptors (Lipinski definition) is 2. The number of aryl methyl sites for hydroxylation is 1. The second-order valence-electron chi connectivity index (χ2n) is 4.19. The number of halogens is 2. The van der Waals surface area contributed by atoms with Crippen molar-refractivity contribution in [2.45, 2.75) is 41.0 Å². The molecule has 0 aliphatic rings. The predicted octanol–water partition coefficient (Wildman–Crippen LogP) is 6.21. The molecule has 0 spiro atoms. The Kier molecular flexibility index (Phi) is 13.5. The van der Waals surface area contributed by atoms with Crippen LogP contribution < -0.4 is 5.32 Å². The van der Waals surface area contributed by atoms with Gasteiger partial charge in [-0.05, 0) is 24.6 Å². The number of carboxylic acid groups (broad SMARTS) is 1. The highest BCUT2D eigenvalue weighted by Gasteiger charge is 2.12. The summed E-state index contributed by atoms with van der Waals surface area (Å²) in [4.78, 5) is 10.9. The quantitative estimate of drug-likeness (QED) is 0.596. The van der Waals surface area contributed by atoms with Gasteiger partial charge in [0, 0.05) is 5.69 Å². The van der Waals surface area contributed by atoms with Crippen LogP contribution in [0.1, 0.15) is 38.8 Å². The van der Waals surface area contributed by atoms with E-state index in [9.17, 15) is 9.18 Å². The van der Waals surface area contributed by atoms with Crippen LogP contribution in [-0.2, 0) is 11.2 Å². The molecule has 2 N–H and O–H groups in total. The average molecular weight is 356 g/mol. The maximum Gasteiger partial charge on any atom is 0.307 e. The van der Waals surface area contributed by atoms with Gasteiger partial charge in [0.25, 0.3) is 0 Å². The van der Waals surface area contributed by atoms with E-state index in [1.807, 2.05) is 34.6 Å². The molecule has 0 saturated heterocycles. The molecule has 1 rings (SSSR count). The lowest BCUT2D eigenvalue weighted by Crippen LogP contribution is -2.08. The third-order valence-corrected chi connectivity index (χ3v) is 2.74. The Labute approximate surface area is 149 Å². The Morgan fingerprint density at radius 2 is 1.88 bits per heavy atom. The van der Waals surface area contributed by atoms with E-state index in [1.54, 1.807) is 18.2 Å². The molecule has 1 aromatic carbocycles. The van der Waals surface area contributed by atoms with E-state index in [0.717, 1.165) is 11.6 Å². The normalized spacial score (nSPS) is 10.1. The first-order valence-corrected chi connectivity index (χ1v) is 8.18. The van der Waals surface area contributed by atoms with Crippen LogP contribution in [0.25, 0.3) is 0 Å². The topological polar surface area (TPSA) is 49.3 Å². The zero-order chi connectivity index (χ0) is 19.3. The first kappa shape index (κ1) is 24.2. The van der Waals surface area contributed by atoms with Gasteiger partial charge in [0.05, 0.1) is 17.2 Å². The molecular formula is C19H27ClFNO2. The van der Waals surface area contributed by atoms with E-state index >= 15 is 0 Å². The molecule has 0 radical (unpaired) electrons. The minimum Gasteiger partial charge on any atom is -0.481 e. The largest absolute Gasteiger partial charge is 0.481 e. The molecule has 0 atom stereocenters. The highest BCUT2D eigenvalue weighted by Crippen LogP contribution is 2.25. The Morgan fingerprint density at radius 3 is 2.29 bits per heavy atom. The lowest BCUT2D eigenvalue weighted by atomic mass is 10.1. The Morgan fingerprint density at radius 1 is 1.33 bits per heavy atom. The van der Waals surface area contributed by atoms with E-state index in [2.05, 4.69) is 18.5 Å². The van der Waals surface area contributed by atoms with Gasteiger partial charge in [-0.15, -0.1) is 0 Å². The van der Waals surface area contributed by atoms with Crippen LogP contribution in [0.3, 0.4) is 0 Å². The summed E-state index contributed by atoms with van der Waals surface area (Å²) in [5, 5.41) is 11.7. The van der Waals surface area contributed by atoms with Crippen molar-refractivity contribution in [1.82, 2.24) is 0 Å². The number of carbonyl (C=O) groups is 1. The van der Waals surface area contributed by atoms with Crippen LogP contribution in [0.2, 0.25) is 0 Å². The summed E-state index contributed by atoms with van der Waals surface area (Å²) in [6.07, 6.45) is 0.822. The summed E-state index contributed by atoms with van der Waals surface area (Å²) in [7, 11) is 0. The summed E-state index contributed by atoms with van der Waals surface area (Å²) in [6, 6.07) is 5.18. The van der Waals surface area contributed by atoms with Crippen LogP contribution in [-0.4, -0.2) is 11.1 Å². The monoisotopic (exact) mass is 355 g/mol. The molecule has 0 saturated carbocycles. The minimum atomic E-state index is -0.974. The fourth-order valence-electron chi connectivity index (χ4n) is 1.65. The number of anilines is 1. The van der Waals surface area contributed by atoms with Crippen molar-refractivity contribution >= 4 is 23.3 Å². The van der Waals surface area contributed by atoms with Gasteiger partial charge < -0.3 is 10.4 Å². The first-order chi connectivity index (χ1) is 11.3. The van der Waals surface area contributed by atoms with E-state index in [0.29, 0.717) is 11.3 Å². The molecule has 0 fully saturated rings. The van der Waals surface area contributed by atoms with Gasteiger partial charge in [-0.3, -0.25) is 4.79 Å². The van der Waals surface area contributed by atoms with Crippen molar-refractivity contribution in [2.24, 2.45) is 0 Å². The summed E-state index contributed by atoms with van der Waals surface area (Å²) in [5.74, 6) is -1.63. The van der Waals surface area contributed by atoms with E-state index in [4.69, 9.17) is 16.7 Å². The average Bonchev–Trinajstić information content (AvgIpc) is 2.56. The molecule has 1 aromatic rings. The lowest BCUT2D eigenvalue weighted by Gasteiger charge is -2.14. The zero-order valence-electron chi connectivity index (χ0n) is 15.0. The fraction of sp³-hybridized carbons (Fsp3) is 0.316.